The molecule has 1 aliphatic heterocycles. The minimum absolute atomic E-state index is 0.244. The fourth-order valence-corrected chi connectivity index (χ4v) is 2.86. The maximum absolute atomic E-state index is 12.8. The molecule has 2 aromatic carbocycles. The van der Waals surface area contributed by atoms with Crippen molar-refractivity contribution in [3.05, 3.63) is 53.1 Å². The van der Waals surface area contributed by atoms with Gasteiger partial charge in [0.1, 0.15) is 5.75 Å². The third-order valence-corrected chi connectivity index (χ3v) is 3.96. The normalized spacial score (nSPS) is 14.5. The van der Waals surface area contributed by atoms with E-state index in [2.05, 4.69) is 11.4 Å². The predicted molar refractivity (Wildman–Crippen MR) is 78.8 cm³/mol. The lowest BCUT2D eigenvalue weighted by Gasteiger charge is -2.22. The largest absolute Gasteiger partial charge is 0.496 e. The zero-order valence-corrected chi connectivity index (χ0v) is 12.1. The predicted octanol–water partition coefficient (Wildman–Crippen LogP) is 4.03. The maximum Gasteiger partial charge on any atom is 0.416 e. The smallest absolute Gasteiger partial charge is 0.416 e. The molecule has 5 heteroatoms. The molecule has 0 radical (unpaired) electrons. The first-order valence-electron chi connectivity index (χ1n) is 7.08. The maximum atomic E-state index is 12.8. The van der Waals surface area contributed by atoms with Gasteiger partial charge in [-0.15, -0.1) is 0 Å². The number of hydrogen-bond donors (Lipinski definition) is 1. The molecule has 0 saturated heterocycles. The Morgan fingerprint density at radius 3 is 2.64 bits per heavy atom. The number of nitrogens with one attached hydrogen (secondary N) is 1. The average Bonchev–Trinajstić information content (AvgIpc) is 2.53. The highest BCUT2D eigenvalue weighted by molar-refractivity contribution is 5.75. The van der Waals surface area contributed by atoms with E-state index in [1.165, 1.54) is 18.7 Å². The summed E-state index contributed by atoms with van der Waals surface area (Å²) in [5, 5.41) is 3.30. The topological polar surface area (TPSA) is 21.3 Å². The first kappa shape index (κ1) is 14.9. The monoisotopic (exact) mass is 307 g/mol. The molecular weight excluding hydrogens is 291 g/mol. The molecule has 2 aromatic rings. The molecule has 1 N–H and O–H groups in total. The zero-order valence-electron chi connectivity index (χ0n) is 12.1. The molecule has 2 nitrogen and oxygen atoms in total. The van der Waals surface area contributed by atoms with Crippen LogP contribution in [0.5, 0.6) is 5.75 Å². The van der Waals surface area contributed by atoms with Gasteiger partial charge < -0.3 is 10.1 Å². The fraction of sp³-hybridized carbons (Fsp3) is 0.294. The van der Waals surface area contributed by atoms with Crippen LogP contribution in [0.3, 0.4) is 0 Å². The van der Waals surface area contributed by atoms with Gasteiger partial charge in [0.15, 0.2) is 0 Å². The highest BCUT2D eigenvalue weighted by Gasteiger charge is 2.31. The summed E-state index contributed by atoms with van der Waals surface area (Å²) in [6.45, 7) is 1.64. The summed E-state index contributed by atoms with van der Waals surface area (Å²) < 4.78 is 43.7. The van der Waals surface area contributed by atoms with Crippen LogP contribution < -0.4 is 10.1 Å². The van der Waals surface area contributed by atoms with E-state index in [1.807, 2.05) is 12.1 Å². The van der Waals surface area contributed by atoms with Crippen molar-refractivity contribution < 1.29 is 17.9 Å². The van der Waals surface area contributed by atoms with Crippen molar-refractivity contribution in [1.82, 2.24) is 5.32 Å². The SMILES string of the molecule is COc1cc(C(F)(F)F)ccc1-c1cccc2c1CNCC2. The second kappa shape index (κ2) is 5.65. The molecule has 0 fully saturated rings. The Morgan fingerprint density at radius 1 is 1.09 bits per heavy atom. The van der Waals surface area contributed by atoms with Crippen molar-refractivity contribution in [3.63, 3.8) is 0 Å². The number of benzene rings is 2. The molecule has 0 spiro atoms. The molecule has 0 amide bonds. The lowest BCUT2D eigenvalue weighted by atomic mass is 9.91. The summed E-state index contributed by atoms with van der Waals surface area (Å²) in [6, 6.07) is 9.59. The highest BCUT2D eigenvalue weighted by atomic mass is 19.4. The van der Waals surface area contributed by atoms with Gasteiger partial charge in [0, 0.05) is 12.1 Å². The Morgan fingerprint density at radius 2 is 1.91 bits per heavy atom. The number of methoxy groups -OCH3 is 1. The van der Waals surface area contributed by atoms with E-state index in [1.54, 1.807) is 0 Å². The number of halogens is 3. The second-order valence-electron chi connectivity index (χ2n) is 5.28. The number of alkyl halides is 3. The number of fused-ring (bicyclic) bond motifs is 1. The molecule has 3 rings (SSSR count). The zero-order chi connectivity index (χ0) is 15.7. The van der Waals surface area contributed by atoms with Gasteiger partial charge in [0.25, 0.3) is 0 Å². The van der Waals surface area contributed by atoms with E-state index in [0.717, 1.165) is 42.8 Å². The molecule has 0 bridgehead atoms. The Hall–Kier alpha value is -2.01. The van der Waals surface area contributed by atoms with Gasteiger partial charge in [-0.05, 0) is 41.8 Å². The van der Waals surface area contributed by atoms with Crippen LogP contribution in [0.1, 0.15) is 16.7 Å². The van der Waals surface area contributed by atoms with E-state index in [4.69, 9.17) is 4.74 Å². The van der Waals surface area contributed by atoms with Crippen molar-refractivity contribution in [2.24, 2.45) is 0 Å². The second-order valence-corrected chi connectivity index (χ2v) is 5.28. The number of hydrogen-bond acceptors (Lipinski definition) is 2. The molecule has 0 aliphatic carbocycles. The third kappa shape index (κ3) is 2.68. The molecule has 0 unspecified atom stereocenters. The van der Waals surface area contributed by atoms with Crippen LogP contribution in [-0.4, -0.2) is 13.7 Å². The minimum Gasteiger partial charge on any atom is -0.496 e. The summed E-state index contributed by atoms with van der Waals surface area (Å²) in [6.07, 6.45) is -3.45. The molecule has 0 aromatic heterocycles. The average molecular weight is 307 g/mol. The van der Waals surface area contributed by atoms with Crippen LogP contribution in [0, 0.1) is 0 Å². The molecular formula is C17H16F3NO. The minimum atomic E-state index is -4.37. The summed E-state index contributed by atoms with van der Waals surface area (Å²) >= 11 is 0. The van der Waals surface area contributed by atoms with Crippen LogP contribution in [0.2, 0.25) is 0 Å². The van der Waals surface area contributed by atoms with Crippen LogP contribution in [0.25, 0.3) is 11.1 Å². The van der Waals surface area contributed by atoms with Crippen molar-refractivity contribution in [1.29, 1.82) is 0 Å². The Bertz CT molecular complexity index is 695. The van der Waals surface area contributed by atoms with E-state index in [-0.39, 0.29) is 5.75 Å². The summed E-state index contributed by atoms with van der Waals surface area (Å²) in [5.41, 5.74) is 3.28. The van der Waals surface area contributed by atoms with E-state index in [0.29, 0.717) is 5.56 Å². The van der Waals surface area contributed by atoms with Gasteiger partial charge in [0.05, 0.1) is 12.7 Å². The highest BCUT2D eigenvalue weighted by Crippen LogP contribution is 2.39. The first-order valence-corrected chi connectivity index (χ1v) is 7.08. The van der Waals surface area contributed by atoms with Gasteiger partial charge in [-0.1, -0.05) is 24.3 Å². The lowest BCUT2D eigenvalue weighted by Crippen LogP contribution is -2.24. The van der Waals surface area contributed by atoms with Crippen molar-refractivity contribution >= 4 is 0 Å². The fourth-order valence-electron chi connectivity index (χ4n) is 2.86. The van der Waals surface area contributed by atoms with Gasteiger partial charge in [-0.25, -0.2) is 0 Å². The molecule has 1 aliphatic rings. The molecule has 0 saturated carbocycles. The van der Waals surface area contributed by atoms with E-state index >= 15 is 0 Å². The van der Waals surface area contributed by atoms with Crippen LogP contribution in [0.15, 0.2) is 36.4 Å². The van der Waals surface area contributed by atoms with Crippen LogP contribution >= 0.6 is 0 Å². The molecule has 1 heterocycles. The summed E-state index contributed by atoms with van der Waals surface area (Å²) in [5.74, 6) is 0.244. The third-order valence-electron chi connectivity index (χ3n) is 3.96. The molecule has 22 heavy (non-hydrogen) atoms. The van der Waals surface area contributed by atoms with E-state index < -0.39 is 11.7 Å². The Labute approximate surface area is 126 Å². The van der Waals surface area contributed by atoms with Crippen molar-refractivity contribution in [2.45, 2.75) is 19.1 Å². The number of ether oxygens (including phenoxy) is 1. The van der Waals surface area contributed by atoms with Gasteiger partial charge in [0.2, 0.25) is 0 Å². The van der Waals surface area contributed by atoms with Gasteiger partial charge >= 0.3 is 6.18 Å². The summed E-state index contributed by atoms with van der Waals surface area (Å²) in [7, 11) is 1.40. The van der Waals surface area contributed by atoms with Gasteiger partial charge in [-0.2, -0.15) is 13.2 Å². The standard InChI is InChI=1S/C17H16F3NO/c1-22-16-9-12(17(18,19)20)5-6-14(16)13-4-2-3-11-7-8-21-10-15(11)13/h2-6,9,21H,7-8,10H2,1H3. The van der Waals surface area contributed by atoms with Crippen LogP contribution in [0.4, 0.5) is 13.2 Å². The van der Waals surface area contributed by atoms with E-state index in [9.17, 15) is 13.2 Å². The van der Waals surface area contributed by atoms with Crippen molar-refractivity contribution in [3.8, 4) is 16.9 Å². The first-order chi connectivity index (χ1) is 10.5. The quantitative estimate of drug-likeness (QED) is 0.904. The molecule has 116 valence electrons. The lowest BCUT2D eigenvalue weighted by molar-refractivity contribution is -0.137. The van der Waals surface area contributed by atoms with Crippen LogP contribution in [-0.2, 0) is 19.1 Å². The number of rotatable bonds is 2. The Kier molecular flexibility index (Phi) is 3.83. The molecule has 0 atom stereocenters. The van der Waals surface area contributed by atoms with Crippen molar-refractivity contribution in [2.75, 3.05) is 13.7 Å². The van der Waals surface area contributed by atoms with Gasteiger partial charge in [-0.3, -0.25) is 0 Å². The summed E-state index contributed by atoms with van der Waals surface area (Å²) in [4.78, 5) is 0. The Balaban J connectivity index is 2.13.